The second-order valence-electron chi connectivity index (χ2n) is 7.78. The third kappa shape index (κ3) is 4.78. The number of carbonyl (C=O) groups is 2. The summed E-state index contributed by atoms with van der Waals surface area (Å²) < 4.78 is 16.3. The monoisotopic (exact) mass is 439 g/mol. The number of amides is 1. The maximum Gasteiger partial charge on any atom is 0.295 e. The lowest BCUT2D eigenvalue weighted by molar-refractivity contribution is -0.140. The number of ketones is 1. The molecule has 0 bridgehead atoms. The molecule has 1 aliphatic heterocycles. The predicted octanol–water partition coefficient (Wildman–Crippen LogP) is 3.94. The molecule has 32 heavy (non-hydrogen) atoms. The maximum atomic E-state index is 13.1. The highest BCUT2D eigenvalue weighted by molar-refractivity contribution is 6.46. The van der Waals surface area contributed by atoms with Crippen LogP contribution in [0.15, 0.2) is 54.1 Å². The van der Waals surface area contributed by atoms with Crippen LogP contribution >= 0.6 is 0 Å². The molecule has 1 saturated heterocycles. The number of rotatable bonds is 9. The van der Waals surface area contributed by atoms with Crippen LogP contribution in [0.5, 0.6) is 11.5 Å². The van der Waals surface area contributed by atoms with Gasteiger partial charge in [0.1, 0.15) is 17.3 Å². The Morgan fingerprint density at radius 3 is 2.53 bits per heavy atom. The molecule has 1 amide bonds. The minimum absolute atomic E-state index is 0.0265. The van der Waals surface area contributed by atoms with Crippen LogP contribution in [0, 0.1) is 0 Å². The van der Waals surface area contributed by atoms with Crippen LogP contribution in [-0.2, 0) is 14.3 Å². The second-order valence-corrected chi connectivity index (χ2v) is 7.78. The highest BCUT2D eigenvalue weighted by Crippen LogP contribution is 2.41. The van der Waals surface area contributed by atoms with E-state index < -0.39 is 17.7 Å². The van der Waals surface area contributed by atoms with Crippen molar-refractivity contribution in [3.05, 3.63) is 65.2 Å². The van der Waals surface area contributed by atoms with Gasteiger partial charge in [-0.1, -0.05) is 24.3 Å². The van der Waals surface area contributed by atoms with Crippen molar-refractivity contribution in [1.29, 1.82) is 0 Å². The SMILES string of the molecule is COCCCN1C(=O)C(=O)/C(=C(\O)c2ccccc2OC)C1c1cccc(OC(C)C)c1. The van der Waals surface area contributed by atoms with Gasteiger partial charge in [-0.05, 0) is 50.1 Å². The average Bonchev–Trinajstić information content (AvgIpc) is 3.03. The lowest BCUT2D eigenvalue weighted by Crippen LogP contribution is -2.31. The zero-order chi connectivity index (χ0) is 23.3. The van der Waals surface area contributed by atoms with Gasteiger partial charge in [0, 0.05) is 20.3 Å². The van der Waals surface area contributed by atoms with E-state index in [0.717, 1.165) is 0 Å². The van der Waals surface area contributed by atoms with Crippen molar-refractivity contribution < 1.29 is 28.9 Å². The molecular formula is C25H29NO6. The van der Waals surface area contributed by atoms with Crippen LogP contribution in [0.3, 0.4) is 0 Å². The van der Waals surface area contributed by atoms with Crippen LogP contribution in [0.25, 0.3) is 5.76 Å². The Morgan fingerprint density at radius 1 is 1.09 bits per heavy atom. The molecule has 3 rings (SSSR count). The number of hydrogen-bond donors (Lipinski definition) is 1. The number of ether oxygens (including phenoxy) is 3. The fourth-order valence-corrected chi connectivity index (χ4v) is 3.85. The van der Waals surface area contributed by atoms with E-state index in [4.69, 9.17) is 14.2 Å². The molecule has 1 fully saturated rings. The van der Waals surface area contributed by atoms with E-state index in [1.165, 1.54) is 12.0 Å². The van der Waals surface area contributed by atoms with Gasteiger partial charge in [0.2, 0.25) is 0 Å². The van der Waals surface area contributed by atoms with Gasteiger partial charge in [0.05, 0.1) is 30.4 Å². The molecule has 2 aromatic carbocycles. The summed E-state index contributed by atoms with van der Waals surface area (Å²) in [7, 11) is 3.07. The summed E-state index contributed by atoms with van der Waals surface area (Å²) in [5.41, 5.74) is 1.05. The van der Waals surface area contributed by atoms with Crippen LogP contribution in [0.4, 0.5) is 0 Å². The molecule has 2 aromatic rings. The van der Waals surface area contributed by atoms with Crippen molar-refractivity contribution in [2.75, 3.05) is 27.4 Å². The van der Waals surface area contributed by atoms with E-state index in [1.807, 2.05) is 32.0 Å². The van der Waals surface area contributed by atoms with E-state index in [1.54, 1.807) is 37.4 Å². The number of aliphatic hydroxyl groups excluding tert-OH is 1. The molecule has 7 heteroatoms. The van der Waals surface area contributed by atoms with E-state index >= 15 is 0 Å². The molecule has 1 aliphatic rings. The van der Waals surface area contributed by atoms with E-state index in [-0.39, 0.29) is 17.4 Å². The number of Topliss-reactive ketones (excluding diaryl/α,β-unsaturated/α-hetero) is 1. The Morgan fingerprint density at radius 2 is 1.84 bits per heavy atom. The fourth-order valence-electron chi connectivity index (χ4n) is 3.85. The summed E-state index contributed by atoms with van der Waals surface area (Å²) in [6.07, 6.45) is 0.517. The molecule has 0 spiro atoms. The average molecular weight is 440 g/mol. The van der Waals surface area contributed by atoms with Crippen LogP contribution in [-0.4, -0.2) is 55.2 Å². The Labute approximate surface area is 188 Å². The van der Waals surface area contributed by atoms with Crippen molar-refractivity contribution >= 4 is 17.4 Å². The summed E-state index contributed by atoms with van der Waals surface area (Å²) in [5.74, 6) is -0.623. The summed E-state index contributed by atoms with van der Waals surface area (Å²) in [6, 6.07) is 13.3. The smallest absolute Gasteiger partial charge is 0.295 e. The van der Waals surface area contributed by atoms with Gasteiger partial charge in [-0.25, -0.2) is 0 Å². The lowest BCUT2D eigenvalue weighted by Gasteiger charge is -2.26. The molecule has 7 nitrogen and oxygen atoms in total. The first-order valence-electron chi connectivity index (χ1n) is 10.6. The number of aliphatic hydroxyl groups is 1. The molecule has 1 N–H and O–H groups in total. The number of carbonyl (C=O) groups excluding carboxylic acids is 2. The third-order valence-corrected chi connectivity index (χ3v) is 5.20. The number of likely N-dealkylation sites (tertiary alicyclic amines) is 1. The summed E-state index contributed by atoms with van der Waals surface area (Å²) in [5, 5.41) is 11.2. The van der Waals surface area contributed by atoms with Crippen LogP contribution in [0.2, 0.25) is 0 Å². The molecule has 0 aliphatic carbocycles. The largest absolute Gasteiger partial charge is 0.507 e. The summed E-state index contributed by atoms with van der Waals surface area (Å²) >= 11 is 0. The molecule has 170 valence electrons. The predicted molar refractivity (Wildman–Crippen MR) is 121 cm³/mol. The first-order valence-corrected chi connectivity index (χ1v) is 10.6. The van der Waals surface area contributed by atoms with E-state index in [2.05, 4.69) is 0 Å². The van der Waals surface area contributed by atoms with Crippen LogP contribution in [0.1, 0.15) is 37.4 Å². The molecule has 1 heterocycles. The van der Waals surface area contributed by atoms with Crippen molar-refractivity contribution in [1.82, 2.24) is 4.90 Å². The molecule has 1 atom stereocenters. The van der Waals surface area contributed by atoms with Gasteiger partial charge in [-0.2, -0.15) is 0 Å². The second kappa shape index (κ2) is 10.3. The molecular weight excluding hydrogens is 410 g/mol. The minimum atomic E-state index is -0.757. The zero-order valence-electron chi connectivity index (χ0n) is 18.8. The van der Waals surface area contributed by atoms with Gasteiger partial charge in [0.15, 0.2) is 0 Å². The summed E-state index contributed by atoms with van der Waals surface area (Å²) in [6.45, 7) is 4.59. The van der Waals surface area contributed by atoms with Gasteiger partial charge in [-0.15, -0.1) is 0 Å². The molecule has 0 aromatic heterocycles. The number of benzene rings is 2. The van der Waals surface area contributed by atoms with Gasteiger partial charge in [0.25, 0.3) is 11.7 Å². The van der Waals surface area contributed by atoms with E-state index in [9.17, 15) is 14.7 Å². The van der Waals surface area contributed by atoms with Crippen LogP contribution < -0.4 is 9.47 Å². The number of nitrogens with zero attached hydrogens (tertiary/aromatic N) is 1. The maximum absolute atomic E-state index is 13.1. The number of methoxy groups -OCH3 is 2. The van der Waals surface area contributed by atoms with Crippen molar-refractivity contribution in [3.63, 3.8) is 0 Å². The first kappa shape index (κ1) is 23.3. The number of para-hydroxylation sites is 1. The van der Waals surface area contributed by atoms with Crippen molar-refractivity contribution in [2.24, 2.45) is 0 Å². The summed E-state index contributed by atoms with van der Waals surface area (Å²) in [4.78, 5) is 27.6. The van der Waals surface area contributed by atoms with Gasteiger partial charge < -0.3 is 24.2 Å². The lowest BCUT2D eigenvalue weighted by atomic mass is 9.94. The normalized spacial score (nSPS) is 17.8. The Kier molecular flexibility index (Phi) is 7.53. The first-order chi connectivity index (χ1) is 15.4. The topological polar surface area (TPSA) is 85.3 Å². The number of hydrogen-bond acceptors (Lipinski definition) is 6. The van der Waals surface area contributed by atoms with Gasteiger partial charge >= 0.3 is 0 Å². The molecule has 0 radical (unpaired) electrons. The van der Waals surface area contributed by atoms with Crippen molar-refractivity contribution in [2.45, 2.75) is 32.4 Å². The van der Waals surface area contributed by atoms with E-state index in [0.29, 0.717) is 42.2 Å². The van der Waals surface area contributed by atoms with Gasteiger partial charge in [-0.3, -0.25) is 9.59 Å². The highest BCUT2D eigenvalue weighted by Gasteiger charge is 2.46. The Hall–Kier alpha value is -3.32. The minimum Gasteiger partial charge on any atom is -0.507 e. The fraction of sp³-hybridized carbons (Fsp3) is 0.360. The Bertz CT molecular complexity index is 1010. The molecule has 1 unspecified atom stereocenters. The highest BCUT2D eigenvalue weighted by atomic mass is 16.5. The zero-order valence-corrected chi connectivity index (χ0v) is 18.8. The quantitative estimate of drug-likeness (QED) is 0.276. The molecule has 0 saturated carbocycles. The van der Waals surface area contributed by atoms with Crippen molar-refractivity contribution in [3.8, 4) is 11.5 Å². The standard InChI is InChI=1S/C25H29NO6/c1-16(2)32-18-10-7-9-17(15-18)22-21(23(27)19-11-5-6-12-20(19)31-4)24(28)25(29)26(22)13-8-14-30-3/h5-7,9-12,15-16,22,27H,8,13-14H2,1-4H3/b23-21-. The Balaban J connectivity index is 2.15. The third-order valence-electron chi connectivity index (χ3n) is 5.20.